The number of hydrogen-bond acceptors (Lipinski definition) is 3. The van der Waals surface area contributed by atoms with E-state index in [0.717, 1.165) is 0 Å². The van der Waals surface area contributed by atoms with Crippen LogP contribution < -0.4 is 5.32 Å². The molecule has 1 atom stereocenters. The van der Waals surface area contributed by atoms with Crippen LogP contribution in [0, 0.1) is 28.6 Å². The molecule has 0 heterocycles. The van der Waals surface area contributed by atoms with Crippen molar-refractivity contribution in [2.75, 3.05) is 13.6 Å². The zero-order chi connectivity index (χ0) is 7.82. The van der Waals surface area contributed by atoms with Crippen molar-refractivity contribution in [2.24, 2.45) is 5.92 Å². The number of nitrogens with zero attached hydrogens (tertiary/aromatic N) is 2. The van der Waals surface area contributed by atoms with E-state index < -0.39 is 0 Å². The Bertz CT molecular complexity index is 151. The topological polar surface area (TPSA) is 59.6 Å². The van der Waals surface area contributed by atoms with Gasteiger partial charge in [0.05, 0.1) is 18.1 Å². The van der Waals surface area contributed by atoms with Gasteiger partial charge in [-0.25, -0.2) is 0 Å². The Morgan fingerprint density at radius 2 is 2.20 bits per heavy atom. The molecule has 0 aliphatic heterocycles. The Labute approximate surface area is 61.3 Å². The molecule has 0 saturated heterocycles. The third-order valence-corrected chi connectivity index (χ3v) is 1.24. The molecule has 0 spiro atoms. The average Bonchev–Trinajstić information content (AvgIpc) is 1.98. The van der Waals surface area contributed by atoms with Gasteiger partial charge in [0.15, 0.2) is 0 Å². The maximum absolute atomic E-state index is 8.48. The third kappa shape index (κ3) is 3.88. The van der Waals surface area contributed by atoms with E-state index in [1.165, 1.54) is 0 Å². The molecule has 0 aliphatic rings. The minimum absolute atomic E-state index is 0.00958. The maximum Gasteiger partial charge on any atom is 0.0669 e. The highest BCUT2D eigenvalue weighted by Gasteiger charge is 2.03. The first-order chi connectivity index (χ1) is 4.85. The van der Waals surface area contributed by atoms with Crippen molar-refractivity contribution in [1.82, 2.24) is 5.32 Å². The lowest BCUT2D eigenvalue weighted by Crippen LogP contribution is -2.17. The van der Waals surface area contributed by atoms with Crippen LogP contribution in [0.3, 0.4) is 0 Å². The predicted molar refractivity (Wildman–Crippen MR) is 37.9 cm³/mol. The van der Waals surface area contributed by atoms with Gasteiger partial charge in [-0.05, 0) is 13.5 Å². The Morgan fingerprint density at radius 3 is 2.60 bits per heavy atom. The van der Waals surface area contributed by atoms with Crippen LogP contribution in [0.4, 0.5) is 0 Å². The minimum Gasteiger partial charge on any atom is -0.318 e. The van der Waals surface area contributed by atoms with Crippen molar-refractivity contribution in [3.63, 3.8) is 0 Å². The zero-order valence-electron chi connectivity index (χ0n) is 6.09. The Balaban J connectivity index is 3.45. The van der Waals surface area contributed by atoms with Crippen molar-refractivity contribution in [1.29, 1.82) is 10.5 Å². The average molecular weight is 137 g/mol. The summed E-state index contributed by atoms with van der Waals surface area (Å²) in [6.07, 6.45) is 1.15. The summed E-state index contributed by atoms with van der Waals surface area (Å²) < 4.78 is 0. The summed E-state index contributed by atoms with van der Waals surface area (Å²) in [5.74, 6) is -0.00958. The summed E-state index contributed by atoms with van der Waals surface area (Å²) >= 11 is 0. The van der Waals surface area contributed by atoms with Crippen LogP contribution in [0.25, 0.3) is 0 Å². The number of nitrogens with one attached hydrogen (secondary N) is 1. The predicted octanol–water partition coefficient (Wildman–Crippen LogP) is 0.649. The summed E-state index contributed by atoms with van der Waals surface area (Å²) in [7, 11) is 1.80. The molecule has 0 saturated carbocycles. The highest BCUT2D eigenvalue weighted by atomic mass is 14.8. The van der Waals surface area contributed by atoms with E-state index in [9.17, 15) is 0 Å². The molecular formula is C7H11N3. The van der Waals surface area contributed by atoms with Gasteiger partial charge >= 0.3 is 0 Å². The van der Waals surface area contributed by atoms with E-state index in [1.807, 2.05) is 6.07 Å². The summed E-state index contributed by atoms with van der Waals surface area (Å²) in [6, 6.07) is 4.14. The molecule has 1 N–H and O–H groups in total. The Hall–Kier alpha value is -1.06. The van der Waals surface area contributed by atoms with Gasteiger partial charge in [0, 0.05) is 13.0 Å². The maximum atomic E-state index is 8.48. The smallest absolute Gasteiger partial charge is 0.0669 e. The van der Waals surface area contributed by atoms with Crippen molar-refractivity contribution in [2.45, 2.75) is 12.8 Å². The number of rotatable bonds is 4. The van der Waals surface area contributed by atoms with Crippen molar-refractivity contribution in [3.05, 3.63) is 0 Å². The van der Waals surface area contributed by atoms with Crippen LogP contribution in [-0.2, 0) is 0 Å². The van der Waals surface area contributed by atoms with Crippen LogP contribution in [0.15, 0.2) is 0 Å². The van der Waals surface area contributed by atoms with Crippen LogP contribution in [-0.4, -0.2) is 13.6 Å². The lowest BCUT2D eigenvalue weighted by atomic mass is 10.1. The Morgan fingerprint density at radius 1 is 1.50 bits per heavy atom. The second kappa shape index (κ2) is 6.07. The summed E-state index contributed by atoms with van der Waals surface area (Å²) in [4.78, 5) is 0. The summed E-state index contributed by atoms with van der Waals surface area (Å²) in [5.41, 5.74) is 0. The van der Waals surface area contributed by atoms with E-state index in [2.05, 4.69) is 11.4 Å². The molecule has 1 unspecified atom stereocenters. The lowest BCUT2D eigenvalue weighted by Gasteiger charge is -2.03. The molecule has 0 aromatic carbocycles. The van der Waals surface area contributed by atoms with Gasteiger partial charge < -0.3 is 5.32 Å². The molecule has 0 rings (SSSR count). The molecule has 0 bridgehead atoms. The standard InChI is InChI=1S/C7H11N3/c1-10-6-7(5-9)3-2-4-8/h7,10H,2-3,6H2,1H3. The van der Waals surface area contributed by atoms with Crippen molar-refractivity contribution >= 4 is 0 Å². The highest BCUT2D eigenvalue weighted by molar-refractivity contribution is 4.86. The molecule has 0 aliphatic carbocycles. The van der Waals surface area contributed by atoms with E-state index in [-0.39, 0.29) is 5.92 Å². The first kappa shape index (κ1) is 8.94. The van der Waals surface area contributed by atoms with Crippen molar-refractivity contribution in [3.8, 4) is 12.1 Å². The van der Waals surface area contributed by atoms with Gasteiger partial charge in [-0.1, -0.05) is 0 Å². The minimum atomic E-state index is -0.00958. The van der Waals surface area contributed by atoms with Crippen molar-refractivity contribution < 1.29 is 0 Å². The van der Waals surface area contributed by atoms with E-state index in [0.29, 0.717) is 19.4 Å². The molecule has 0 amide bonds. The van der Waals surface area contributed by atoms with Crippen LogP contribution in [0.1, 0.15) is 12.8 Å². The SMILES string of the molecule is CNCC(C#N)CCC#N. The lowest BCUT2D eigenvalue weighted by molar-refractivity contribution is 0.573. The molecule has 3 heteroatoms. The fourth-order valence-corrected chi connectivity index (χ4v) is 0.697. The molecule has 0 aromatic rings. The molecule has 3 nitrogen and oxygen atoms in total. The Kier molecular flexibility index (Phi) is 5.42. The second-order valence-electron chi connectivity index (χ2n) is 2.08. The second-order valence-corrected chi connectivity index (χ2v) is 2.08. The van der Waals surface area contributed by atoms with Gasteiger partial charge in [0.2, 0.25) is 0 Å². The number of nitriles is 2. The van der Waals surface area contributed by atoms with Gasteiger partial charge in [-0.15, -0.1) is 0 Å². The van der Waals surface area contributed by atoms with Gasteiger partial charge in [0.25, 0.3) is 0 Å². The fourth-order valence-electron chi connectivity index (χ4n) is 0.697. The van der Waals surface area contributed by atoms with Gasteiger partial charge in [-0.3, -0.25) is 0 Å². The van der Waals surface area contributed by atoms with Crippen LogP contribution in [0.2, 0.25) is 0 Å². The molecule has 0 radical (unpaired) electrons. The quantitative estimate of drug-likeness (QED) is 0.618. The number of hydrogen-bond donors (Lipinski definition) is 1. The van der Waals surface area contributed by atoms with E-state index >= 15 is 0 Å². The third-order valence-electron chi connectivity index (χ3n) is 1.24. The van der Waals surface area contributed by atoms with E-state index in [1.54, 1.807) is 7.05 Å². The van der Waals surface area contributed by atoms with Crippen LogP contribution in [0.5, 0.6) is 0 Å². The molecular weight excluding hydrogens is 126 g/mol. The van der Waals surface area contributed by atoms with Crippen LogP contribution >= 0.6 is 0 Å². The first-order valence-electron chi connectivity index (χ1n) is 3.26. The first-order valence-corrected chi connectivity index (χ1v) is 3.26. The molecule has 10 heavy (non-hydrogen) atoms. The zero-order valence-corrected chi connectivity index (χ0v) is 6.09. The monoisotopic (exact) mass is 137 g/mol. The van der Waals surface area contributed by atoms with Gasteiger partial charge in [-0.2, -0.15) is 10.5 Å². The fraction of sp³-hybridized carbons (Fsp3) is 0.714. The molecule has 0 aromatic heterocycles. The van der Waals surface area contributed by atoms with E-state index in [4.69, 9.17) is 10.5 Å². The summed E-state index contributed by atoms with van der Waals surface area (Å²) in [5, 5.41) is 19.6. The summed E-state index contributed by atoms with van der Waals surface area (Å²) in [6.45, 7) is 0.679. The van der Waals surface area contributed by atoms with Gasteiger partial charge in [0.1, 0.15) is 0 Å². The largest absolute Gasteiger partial charge is 0.318 e. The molecule has 0 fully saturated rings. The molecule has 54 valence electrons. The highest BCUT2D eigenvalue weighted by Crippen LogP contribution is 2.01. The normalized spacial score (nSPS) is 11.5.